The molecule has 0 saturated carbocycles. The van der Waals surface area contributed by atoms with Gasteiger partial charge in [-0.25, -0.2) is 9.98 Å². The molecular formula is C17H34IN7. The molecule has 1 aromatic heterocycles. The number of guanidine groups is 1. The molecule has 0 bridgehead atoms. The summed E-state index contributed by atoms with van der Waals surface area (Å²) in [6.07, 6.45) is 5.44. The molecule has 1 aliphatic rings. The minimum absolute atomic E-state index is 0. The minimum Gasteiger partial charge on any atom is -0.357 e. The van der Waals surface area contributed by atoms with Gasteiger partial charge < -0.3 is 10.6 Å². The van der Waals surface area contributed by atoms with Gasteiger partial charge in [0.05, 0.1) is 0 Å². The van der Waals surface area contributed by atoms with E-state index in [9.17, 15) is 0 Å². The van der Waals surface area contributed by atoms with E-state index in [0.29, 0.717) is 18.5 Å². The third kappa shape index (κ3) is 7.47. The van der Waals surface area contributed by atoms with Crippen LogP contribution in [-0.2, 0) is 13.6 Å². The summed E-state index contributed by atoms with van der Waals surface area (Å²) in [6.45, 7) is 11.5. The van der Waals surface area contributed by atoms with Crippen molar-refractivity contribution in [3.05, 3.63) is 12.2 Å². The van der Waals surface area contributed by atoms with Crippen molar-refractivity contribution in [2.24, 2.45) is 18.0 Å². The Bertz CT molecular complexity index is 509. The van der Waals surface area contributed by atoms with Gasteiger partial charge in [-0.3, -0.25) is 9.58 Å². The smallest absolute Gasteiger partial charge is 0.191 e. The number of aryl methyl sites for hydroxylation is 1. The maximum absolute atomic E-state index is 4.65. The minimum atomic E-state index is 0. The normalized spacial score (nSPS) is 16.8. The molecule has 1 aromatic rings. The highest BCUT2D eigenvalue weighted by molar-refractivity contribution is 14.0. The standard InChI is InChI=1S/C17H33N7.HI/c1-5-18-17(20-12-16-21-13-22-23(16)4)19-11-15(10-14(2)3)24-8-6-7-9-24;/h13-15H,5-12H2,1-4H3,(H2,18,19,20);1H. The van der Waals surface area contributed by atoms with E-state index in [1.807, 2.05) is 7.05 Å². The lowest BCUT2D eigenvalue weighted by Gasteiger charge is -2.29. The first-order valence-corrected chi connectivity index (χ1v) is 9.19. The molecule has 0 aromatic carbocycles. The fraction of sp³-hybridized carbons (Fsp3) is 0.824. The molecule has 0 aliphatic carbocycles. The van der Waals surface area contributed by atoms with E-state index >= 15 is 0 Å². The lowest BCUT2D eigenvalue weighted by Crippen LogP contribution is -2.47. The van der Waals surface area contributed by atoms with Crippen LogP contribution in [0.2, 0.25) is 0 Å². The number of nitrogens with one attached hydrogen (secondary N) is 2. The lowest BCUT2D eigenvalue weighted by atomic mass is 10.0. The van der Waals surface area contributed by atoms with Crippen molar-refractivity contribution in [3.8, 4) is 0 Å². The molecule has 2 heterocycles. The summed E-state index contributed by atoms with van der Waals surface area (Å²) in [5, 5.41) is 10.9. The maximum Gasteiger partial charge on any atom is 0.191 e. The van der Waals surface area contributed by atoms with Gasteiger partial charge in [0.25, 0.3) is 0 Å². The topological polar surface area (TPSA) is 70.4 Å². The zero-order chi connectivity index (χ0) is 17.4. The first kappa shape index (κ1) is 22.1. The van der Waals surface area contributed by atoms with Gasteiger partial charge >= 0.3 is 0 Å². The van der Waals surface area contributed by atoms with Crippen LogP contribution in [-0.4, -0.2) is 57.8 Å². The van der Waals surface area contributed by atoms with E-state index in [-0.39, 0.29) is 24.0 Å². The molecule has 1 fully saturated rings. The second-order valence-electron chi connectivity index (χ2n) is 6.90. The Morgan fingerprint density at radius 3 is 2.56 bits per heavy atom. The molecule has 25 heavy (non-hydrogen) atoms. The van der Waals surface area contributed by atoms with Gasteiger partial charge in [0.15, 0.2) is 5.96 Å². The highest BCUT2D eigenvalue weighted by Crippen LogP contribution is 2.17. The summed E-state index contributed by atoms with van der Waals surface area (Å²) in [4.78, 5) is 11.5. The number of aliphatic imine (C=N–C) groups is 1. The van der Waals surface area contributed by atoms with Crippen LogP contribution in [0.3, 0.4) is 0 Å². The third-order valence-electron chi connectivity index (χ3n) is 4.43. The Labute approximate surface area is 169 Å². The van der Waals surface area contributed by atoms with Crippen molar-refractivity contribution in [2.75, 3.05) is 26.2 Å². The van der Waals surface area contributed by atoms with Gasteiger partial charge in [0.2, 0.25) is 0 Å². The van der Waals surface area contributed by atoms with Crippen LogP contribution in [0, 0.1) is 5.92 Å². The number of hydrogen-bond acceptors (Lipinski definition) is 4. The molecule has 144 valence electrons. The quantitative estimate of drug-likeness (QED) is 0.351. The van der Waals surface area contributed by atoms with Crippen LogP contribution >= 0.6 is 24.0 Å². The van der Waals surface area contributed by atoms with E-state index in [1.165, 1.54) is 32.4 Å². The Morgan fingerprint density at radius 1 is 1.28 bits per heavy atom. The summed E-state index contributed by atoms with van der Waals surface area (Å²) in [6, 6.07) is 0.575. The second kappa shape index (κ2) is 11.7. The highest BCUT2D eigenvalue weighted by Gasteiger charge is 2.22. The van der Waals surface area contributed by atoms with E-state index in [1.54, 1.807) is 11.0 Å². The van der Waals surface area contributed by atoms with Crippen LogP contribution in [0.5, 0.6) is 0 Å². The molecule has 1 aliphatic heterocycles. The SMILES string of the molecule is CCNC(=NCc1ncnn1C)NCC(CC(C)C)N1CCCC1.I. The van der Waals surface area contributed by atoms with Crippen LogP contribution in [0.25, 0.3) is 0 Å². The number of hydrogen-bond donors (Lipinski definition) is 2. The van der Waals surface area contributed by atoms with E-state index in [2.05, 4.69) is 51.4 Å². The van der Waals surface area contributed by atoms with Gasteiger partial charge in [0, 0.05) is 26.2 Å². The lowest BCUT2D eigenvalue weighted by molar-refractivity contribution is 0.213. The Morgan fingerprint density at radius 2 is 2.00 bits per heavy atom. The fourth-order valence-corrected chi connectivity index (χ4v) is 3.18. The van der Waals surface area contributed by atoms with Crippen molar-refractivity contribution < 1.29 is 0 Å². The van der Waals surface area contributed by atoms with Crippen molar-refractivity contribution in [3.63, 3.8) is 0 Å². The number of aromatic nitrogens is 3. The number of rotatable bonds is 8. The monoisotopic (exact) mass is 463 g/mol. The molecule has 1 unspecified atom stereocenters. The molecule has 2 N–H and O–H groups in total. The number of halogens is 1. The van der Waals surface area contributed by atoms with Crippen molar-refractivity contribution in [2.45, 2.75) is 52.6 Å². The summed E-state index contributed by atoms with van der Waals surface area (Å²) in [5.74, 6) is 2.43. The van der Waals surface area contributed by atoms with Crippen molar-refractivity contribution in [1.29, 1.82) is 0 Å². The number of likely N-dealkylation sites (tertiary alicyclic amines) is 1. The van der Waals surface area contributed by atoms with Gasteiger partial charge in [-0.15, -0.1) is 24.0 Å². The highest BCUT2D eigenvalue weighted by atomic mass is 127. The Balaban J connectivity index is 0.00000312. The van der Waals surface area contributed by atoms with Gasteiger partial charge in [-0.2, -0.15) is 5.10 Å². The first-order valence-electron chi connectivity index (χ1n) is 9.19. The Hall–Kier alpha value is -0.900. The summed E-state index contributed by atoms with van der Waals surface area (Å²) in [5.41, 5.74) is 0. The zero-order valence-corrected chi connectivity index (χ0v) is 18.4. The molecule has 1 atom stereocenters. The number of nitrogens with zero attached hydrogens (tertiary/aromatic N) is 5. The molecule has 7 nitrogen and oxygen atoms in total. The van der Waals surface area contributed by atoms with Gasteiger partial charge in [0.1, 0.15) is 18.7 Å². The molecule has 1 saturated heterocycles. The van der Waals surface area contributed by atoms with E-state index in [4.69, 9.17) is 0 Å². The largest absolute Gasteiger partial charge is 0.357 e. The second-order valence-corrected chi connectivity index (χ2v) is 6.90. The molecule has 0 radical (unpaired) electrons. The molecular weight excluding hydrogens is 429 g/mol. The maximum atomic E-state index is 4.65. The van der Waals surface area contributed by atoms with Crippen LogP contribution in [0.1, 0.15) is 45.9 Å². The Kier molecular flexibility index (Phi) is 10.3. The van der Waals surface area contributed by atoms with E-state index in [0.717, 1.165) is 24.9 Å². The predicted octanol–water partition coefficient (Wildman–Crippen LogP) is 2.00. The third-order valence-corrected chi connectivity index (χ3v) is 4.43. The fourth-order valence-electron chi connectivity index (χ4n) is 3.18. The summed E-state index contributed by atoms with van der Waals surface area (Å²) in [7, 11) is 1.89. The molecule has 0 amide bonds. The average molecular weight is 463 g/mol. The summed E-state index contributed by atoms with van der Waals surface area (Å²) >= 11 is 0. The molecule has 0 spiro atoms. The van der Waals surface area contributed by atoms with Gasteiger partial charge in [-0.05, 0) is 45.2 Å². The van der Waals surface area contributed by atoms with Crippen LogP contribution < -0.4 is 10.6 Å². The van der Waals surface area contributed by atoms with Crippen molar-refractivity contribution >= 4 is 29.9 Å². The predicted molar refractivity (Wildman–Crippen MR) is 113 cm³/mol. The zero-order valence-electron chi connectivity index (χ0n) is 16.0. The van der Waals surface area contributed by atoms with E-state index < -0.39 is 0 Å². The van der Waals surface area contributed by atoms with Gasteiger partial charge in [-0.1, -0.05) is 13.8 Å². The van der Waals surface area contributed by atoms with Crippen molar-refractivity contribution in [1.82, 2.24) is 30.3 Å². The molecule has 8 heteroatoms. The van der Waals surface area contributed by atoms with Crippen LogP contribution in [0.4, 0.5) is 0 Å². The van der Waals surface area contributed by atoms with Crippen LogP contribution in [0.15, 0.2) is 11.3 Å². The first-order chi connectivity index (χ1) is 11.6. The molecule has 2 rings (SSSR count). The summed E-state index contributed by atoms with van der Waals surface area (Å²) < 4.78 is 1.76. The average Bonchev–Trinajstić information content (AvgIpc) is 3.20.